The average molecular weight is 1080 g/mol. The lowest BCUT2D eigenvalue weighted by atomic mass is 9.93. The molecule has 0 saturated heterocycles. The van der Waals surface area contributed by atoms with E-state index in [1.54, 1.807) is 6.92 Å². The molecule has 2 atom stereocenters. The monoisotopic (exact) mass is 1080 g/mol. The fourth-order valence-electron chi connectivity index (χ4n) is 7.85. The Morgan fingerprint density at radius 2 is 1.51 bits per heavy atom. The van der Waals surface area contributed by atoms with Crippen LogP contribution in [0.15, 0.2) is 42.5 Å². The Kier molecular flexibility index (Phi) is 16.2. The number of hydrogen-bond acceptors (Lipinski definition) is 12. The minimum absolute atomic E-state index is 0.142. The number of carbonyl (C=O) groups excluding carboxylic acids is 4. The number of alkyl halides is 8. The number of amides is 3. The number of halogens is 11. The van der Waals surface area contributed by atoms with Gasteiger partial charge in [-0.3, -0.25) is 19.1 Å². The Balaban J connectivity index is 1.50. The second-order valence-electron chi connectivity index (χ2n) is 16.1. The van der Waals surface area contributed by atoms with Crippen molar-refractivity contribution in [1.29, 1.82) is 0 Å². The first kappa shape index (κ1) is 55.1. The van der Waals surface area contributed by atoms with Crippen LogP contribution in [-0.4, -0.2) is 102 Å². The fraction of sp³-hybridized carbons (Fsp3) is 0.372. The van der Waals surface area contributed by atoms with Gasteiger partial charge in [-0.25, -0.2) is 37.1 Å². The van der Waals surface area contributed by atoms with Crippen LogP contribution in [0.4, 0.5) is 54.5 Å². The molecule has 6 rings (SSSR count). The molecule has 1 unspecified atom stereocenters. The summed E-state index contributed by atoms with van der Waals surface area (Å²) in [5, 5.41) is 29.2. The number of rotatable bonds is 16. The van der Waals surface area contributed by atoms with E-state index in [0.29, 0.717) is 27.0 Å². The van der Waals surface area contributed by atoms with Gasteiger partial charge < -0.3 is 30.3 Å². The van der Waals surface area contributed by atoms with Crippen LogP contribution >= 0.6 is 23.5 Å². The molecule has 0 bridgehead atoms. The molecule has 0 spiro atoms. The van der Waals surface area contributed by atoms with Gasteiger partial charge in [0.1, 0.15) is 43.6 Å². The molecule has 3 aromatic heterocycles. The maximum Gasteiger partial charge on any atom is 0.435 e. The van der Waals surface area contributed by atoms with Crippen LogP contribution in [0.25, 0.3) is 22.0 Å². The molecule has 1 aliphatic rings. The zero-order valence-electron chi connectivity index (χ0n) is 37.6. The Morgan fingerprint density at radius 1 is 0.904 bits per heavy atom. The van der Waals surface area contributed by atoms with E-state index < -0.39 is 151 Å². The second kappa shape index (κ2) is 21.5. The van der Waals surface area contributed by atoms with Crippen molar-refractivity contribution in [3.05, 3.63) is 93.0 Å². The van der Waals surface area contributed by atoms with Crippen LogP contribution in [0.3, 0.4) is 0 Å². The second-order valence-corrected chi connectivity index (χ2v) is 17.2. The molecule has 2 aromatic carbocycles. The Labute approximate surface area is 413 Å². The van der Waals surface area contributed by atoms with Gasteiger partial charge in [0.15, 0.2) is 11.5 Å². The van der Waals surface area contributed by atoms with Gasteiger partial charge in [-0.15, -0.1) is 0 Å². The first-order valence-electron chi connectivity index (χ1n) is 21.0. The SMILES string of the molecule is CCc1ccc(-c2ccc(Cl)c3c(N(SC)C(=O)NC(COC(=O)C(=O)O)COC(=O)C(=O)O)nn(CC(F)(F)F)c23)c(C(Cc2cc(F)cc(F)c2)NC(=O)Cn2nc(C(F)(F)F)c3c2C(F)(F)[C@H](C)C3)n1. The first-order valence-corrected chi connectivity index (χ1v) is 22.6. The molecule has 73 heavy (non-hydrogen) atoms. The van der Waals surface area contributed by atoms with Crippen molar-refractivity contribution in [1.82, 2.24) is 35.2 Å². The predicted molar refractivity (Wildman–Crippen MR) is 234 cm³/mol. The summed E-state index contributed by atoms with van der Waals surface area (Å²) in [6.45, 7) is -2.64. The highest BCUT2D eigenvalue weighted by Crippen LogP contribution is 2.50. The maximum atomic E-state index is 15.5. The summed E-state index contributed by atoms with van der Waals surface area (Å²) in [5.41, 5.74) is -4.65. The third-order valence-electron chi connectivity index (χ3n) is 10.9. The van der Waals surface area contributed by atoms with Crippen molar-refractivity contribution in [2.75, 3.05) is 23.8 Å². The smallest absolute Gasteiger partial charge is 0.435 e. The minimum atomic E-state index is -5.21. The van der Waals surface area contributed by atoms with Gasteiger partial charge in [-0.2, -0.15) is 45.3 Å². The summed E-state index contributed by atoms with van der Waals surface area (Å²) in [6, 6.07) is 2.65. The van der Waals surface area contributed by atoms with Gasteiger partial charge >= 0.3 is 42.3 Å². The normalized spacial score (nSPS) is 14.7. The predicted octanol–water partition coefficient (Wildman–Crippen LogP) is 7.17. The van der Waals surface area contributed by atoms with E-state index in [0.717, 1.165) is 25.1 Å². The highest BCUT2D eigenvalue weighted by atomic mass is 35.5. The fourth-order valence-corrected chi connectivity index (χ4v) is 8.61. The maximum absolute atomic E-state index is 15.5. The summed E-state index contributed by atoms with van der Waals surface area (Å²) in [6.07, 6.45) is -10.2. The number of carbonyl (C=O) groups is 6. The molecule has 0 fully saturated rings. The van der Waals surface area contributed by atoms with Gasteiger partial charge in [0.05, 0.1) is 33.7 Å². The quantitative estimate of drug-likeness (QED) is 0.0332. The number of esters is 2. The standard InChI is InChI=1S/C43H37ClF10N8O10S/c1-4-22-5-6-24(31(55-22)28(12-19-10-20(45)13-21(46)11-19)57-29(63)14-60-34-26(9-18(2)42(34,50)51)33(58-60)43(52,53)54)25-7-8-27(44)30-32(25)61(17-41(47,48)49)59-35(30)62(73-3)40(70)56-23(15-71-38(68)36(64)65)16-72-39(69)37(66)67/h5-8,10-11,13,18,23,28H,4,9,12,14-17H2,1-3H3,(H,56,70)(H,57,63)(H,64,65)(H,66,67)/t18-,28?/m1/s1. The van der Waals surface area contributed by atoms with E-state index in [-0.39, 0.29) is 49.6 Å². The third-order valence-corrected chi connectivity index (χ3v) is 12.0. The molecule has 3 amide bonds. The third kappa shape index (κ3) is 12.4. The number of urea groups is 1. The number of aliphatic carboxylic acids is 2. The van der Waals surface area contributed by atoms with E-state index in [9.17, 15) is 63.9 Å². The zero-order chi connectivity index (χ0) is 54.1. The molecule has 30 heteroatoms. The summed E-state index contributed by atoms with van der Waals surface area (Å²) in [4.78, 5) is 78.1. The molecule has 0 radical (unpaired) electrons. The number of fused-ring (bicyclic) bond motifs is 2. The Morgan fingerprint density at radius 3 is 2.05 bits per heavy atom. The molecule has 4 N–H and O–H groups in total. The van der Waals surface area contributed by atoms with Crippen LogP contribution in [0.1, 0.15) is 53.8 Å². The number of aryl methyl sites for hydroxylation is 1. The molecule has 0 saturated carbocycles. The number of pyridine rings is 1. The van der Waals surface area contributed by atoms with Crippen LogP contribution in [0.2, 0.25) is 5.02 Å². The first-order chi connectivity index (χ1) is 34.0. The van der Waals surface area contributed by atoms with Crippen molar-refractivity contribution in [2.45, 2.75) is 76.6 Å². The lowest BCUT2D eigenvalue weighted by Crippen LogP contribution is -2.47. The van der Waals surface area contributed by atoms with Gasteiger partial charge in [0.2, 0.25) is 5.91 Å². The van der Waals surface area contributed by atoms with Crippen molar-refractivity contribution >= 4 is 76.1 Å². The molecular weight excluding hydrogens is 1050 g/mol. The number of nitrogens with one attached hydrogen (secondary N) is 2. The van der Waals surface area contributed by atoms with Crippen molar-refractivity contribution < 1.29 is 92.4 Å². The van der Waals surface area contributed by atoms with E-state index >= 15 is 8.78 Å². The molecule has 5 aromatic rings. The largest absolute Gasteiger partial charge is 0.473 e. The van der Waals surface area contributed by atoms with Gasteiger partial charge in [-0.1, -0.05) is 37.6 Å². The van der Waals surface area contributed by atoms with Crippen molar-refractivity contribution in [3.8, 4) is 11.1 Å². The highest BCUT2D eigenvalue weighted by Gasteiger charge is 2.54. The molecule has 18 nitrogen and oxygen atoms in total. The van der Waals surface area contributed by atoms with Crippen molar-refractivity contribution in [3.63, 3.8) is 0 Å². The minimum Gasteiger partial charge on any atom is -0.473 e. The Hall–Kier alpha value is -7.17. The molecule has 1 aliphatic carbocycles. The number of carboxylic acid groups (broad SMARTS) is 2. The summed E-state index contributed by atoms with van der Waals surface area (Å²) >= 11 is 7.16. The molecule has 392 valence electrons. The molecule has 0 aliphatic heterocycles. The van der Waals surface area contributed by atoms with Crippen LogP contribution in [0.5, 0.6) is 0 Å². The number of nitrogens with zero attached hydrogens (tertiary/aromatic N) is 6. The number of benzene rings is 2. The lowest BCUT2D eigenvalue weighted by molar-refractivity contribution is -0.166. The summed E-state index contributed by atoms with van der Waals surface area (Å²) < 4.78 is 156. The highest BCUT2D eigenvalue weighted by molar-refractivity contribution is 8.00. The summed E-state index contributed by atoms with van der Waals surface area (Å²) in [5.74, 6) is -17.5. The van der Waals surface area contributed by atoms with Gasteiger partial charge in [0.25, 0.3) is 5.92 Å². The van der Waals surface area contributed by atoms with E-state index in [1.165, 1.54) is 24.5 Å². The van der Waals surface area contributed by atoms with Crippen LogP contribution in [0, 0.1) is 17.6 Å². The van der Waals surface area contributed by atoms with Crippen LogP contribution < -0.4 is 14.9 Å². The molecular formula is C43H37ClF10N8O10S. The van der Waals surface area contributed by atoms with Crippen LogP contribution in [-0.2, 0) is 77.9 Å². The van der Waals surface area contributed by atoms with Gasteiger partial charge in [0, 0.05) is 40.6 Å². The lowest BCUT2D eigenvalue weighted by Gasteiger charge is -2.24. The number of anilines is 1. The van der Waals surface area contributed by atoms with E-state index in [1.807, 2.05) is 0 Å². The van der Waals surface area contributed by atoms with E-state index in [2.05, 4.69) is 35.3 Å². The molecule has 3 heterocycles. The zero-order valence-corrected chi connectivity index (χ0v) is 39.2. The number of hydrogen-bond donors (Lipinski definition) is 4. The number of carboxylic acids is 2. The summed E-state index contributed by atoms with van der Waals surface area (Å²) in [7, 11) is 0. The Bertz CT molecular complexity index is 2960. The number of aromatic nitrogens is 5. The van der Waals surface area contributed by atoms with Crippen molar-refractivity contribution in [2.24, 2.45) is 5.92 Å². The average Bonchev–Trinajstić information content (AvgIpc) is 3.91. The number of ether oxygens (including phenoxy) is 2. The van der Waals surface area contributed by atoms with Gasteiger partial charge in [-0.05, 0) is 61.0 Å². The topological polar surface area (TPSA) is 237 Å². The van der Waals surface area contributed by atoms with E-state index in [4.69, 9.17) is 21.8 Å².